The number of benzene rings is 1. The molecule has 0 saturated carbocycles. The first-order chi connectivity index (χ1) is 8.12. The summed E-state index contributed by atoms with van der Waals surface area (Å²) in [5, 5.41) is 11.9. The fraction of sp³-hybridized carbons (Fsp3) is 0.333. The van der Waals surface area contributed by atoms with E-state index in [1.807, 2.05) is 6.07 Å². The van der Waals surface area contributed by atoms with Crippen LogP contribution in [0.2, 0.25) is 5.02 Å². The summed E-state index contributed by atoms with van der Waals surface area (Å²) in [7, 11) is 1.50. The van der Waals surface area contributed by atoms with Crippen LogP contribution in [0.5, 0.6) is 5.75 Å². The van der Waals surface area contributed by atoms with Gasteiger partial charge in [0.05, 0.1) is 18.9 Å². The lowest BCUT2D eigenvalue weighted by Crippen LogP contribution is -2.21. The average Bonchev–Trinajstić information content (AvgIpc) is 2.31. The number of nitrogens with zero attached hydrogens (tertiary/aromatic N) is 1. The molecule has 0 saturated heterocycles. The third-order valence-corrected chi connectivity index (χ3v) is 2.54. The molecule has 0 spiro atoms. The number of halogens is 1. The Balaban J connectivity index is 2.91. The second-order valence-corrected chi connectivity index (χ2v) is 3.86. The number of anilines is 1. The van der Waals surface area contributed by atoms with E-state index in [9.17, 15) is 4.79 Å². The van der Waals surface area contributed by atoms with Crippen LogP contribution in [0, 0.1) is 17.2 Å². The fourth-order valence-electron chi connectivity index (χ4n) is 1.33. The average molecular weight is 253 g/mol. The van der Waals surface area contributed by atoms with Gasteiger partial charge in [-0.2, -0.15) is 5.26 Å². The predicted octanol–water partition coefficient (Wildman–Crippen LogP) is 2.84. The van der Waals surface area contributed by atoms with Gasteiger partial charge in [0, 0.05) is 5.02 Å². The fourth-order valence-corrected chi connectivity index (χ4v) is 1.51. The van der Waals surface area contributed by atoms with E-state index >= 15 is 0 Å². The zero-order valence-corrected chi connectivity index (χ0v) is 10.4. The van der Waals surface area contributed by atoms with Crippen molar-refractivity contribution in [1.29, 1.82) is 5.26 Å². The summed E-state index contributed by atoms with van der Waals surface area (Å²) in [4.78, 5) is 11.7. The number of amides is 1. The van der Waals surface area contributed by atoms with Crippen molar-refractivity contribution >= 4 is 23.2 Å². The highest BCUT2D eigenvalue weighted by molar-refractivity contribution is 6.31. The number of methoxy groups -OCH3 is 1. The van der Waals surface area contributed by atoms with Crippen molar-refractivity contribution in [2.24, 2.45) is 5.92 Å². The van der Waals surface area contributed by atoms with Crippen LogP contribution < -0.4 is 10.1 Å². The summed E-state index contributed by atoms with van der Waals surface area (Å²) in [6, 6.07) is 6.85. The first kappa shape index (κ1) is 13.3. The number of carbonyl (C=O) groups excluding carboxylic acids is 1. The van der Waals surface area contributed by atoms with Crippen molar-refractivity contribution in [2.45, 2.75) is 13.3 Å². The van der Waals surface area contributed by atoms with Crippen LogP contribution in [0.4, 0.5) is 5.69 Å². The first-order valence-corrected chi connectivity index (χ1v) is 5.54. The topological polar surface area (TPSA) is 62.1 Å². The molecule has 90 valence electrons. The summed E-state index contributed by atoms with van der Waals surface area (Å²) in [5.41, 5.74) is 0.471. The van der Waals surface area contributed by atoms with Crippen molar-refractivity contribution in [3.8, 4) is 11.8 Å². The summed E-state index contributed by atoms with van der Waals surface area (Å²) in [5.74, 6) is -0.509. The molecule has 1 amide bonds. The number of ether oxygens (including phenoxy) is 1. The van der Waals surface area contributed by atoms with Crippen LogP contribution in [0.15, 0.2) is 18.2 Å². The van der Waals surface area contributed by atoms with E-state index in [0.29, 0.717) is 22.9 Å². The van der Waals surface area contributed by atoms with E-state index in [4.69, 9.17) is 21.6 Å². The lowest BCUT2D eigenvalue weighted by atomic mass is 10.1. The maximum Gasteiger partial charge on any atom is 0.241 e. The third-order valence-electron chi connectivity index (χ3n) is 2.30. The SMILES string of the molecule is CCC(C#N)C(=O)Nc1cc(Cl)ccc1OC. The minimum absolute atomic E-state index is 0.351. The first-order valence-electron chi connectivity index (χ1n) is 5.16. The molecule has 4 nitrogen and oxygen atoms in total. The largest absolute Gasteiger partial charge is 0.495 e. The Morgan fingerprint density at radius 3 is 2.88 bits per heavy atom. The van der Waals surface area contributed by atoms with E-state index in [1.165, 1.54) is 7.11 Å². The molecule has 0 radical (unpaired) electrons. The zero-order valence-electron chi connectivity index (χ0n) is 9.66. The molecule has 1 N–H and O–H groups in total. The zero-order chi connectivity index (χ0) is 12.8. The van der Waals surface area contributed by atoms with Crippen molar-refractivity contribution in [2.75, 3.05) is 12.4 Å². The number of rotatable bonds is 4. The van der Waals surface area contributed by atoms with Crippen LogP contribution >= 0.6 is 11.6 Å². The molecule has 0 aliphatic carbocycles. The summed E-state index contributed by atoms with van der Waals surface area (Å²) in [6.45, 7) is 1.78. The van der Waals surface area contributed by atoms with Gasteiger partial charge in [0.2, 0.25) is 5.91 Å². The van der Waals surface area contributed by atoms with E-state index in [2.05, 4.69) is 5.32 Å². The lowest BCUT2D eigenvalue weighted by molar-refractivity contribution is -0.118. The molecule has 5 heteroatoms. The van der Waals surface area contributed by atoms with E-state index < -0.39 is 5.92 Å². The Bertz CT molecular complexity index is 454. The number of nitrogens with one attached hydrogen (secondary N) is 1. The molecular weight excluding hydrogens is 240 g/mol. The van der Waals surface area contributed by atoms with Gasteiger partial charge in [-0.3, -0.25) is 4.79 Å². The molecule has 1 aromatic rings. The van der Waals surface area contributed by atoms with Crippen molar-refractivity contribution < 1.29 is 9.53 Å². The lowest BCUT2D eigenvalue weighted by Gasteiger charge is -2.12. The van der Waals surface area contributed by atoms with Gasteiger partial charge in [0.1, 0.15) is 11.7 Å². The number of carbonyl (C=O) groups is 1. The van der Waals surface area contributed by atoms with Crippen LogP contribution in [-0.4, -0.2) is 13.0 Å². The maximum atomic E-state index is 11.7. The molecular formula is C12H13ClN2O2. The van der Waals surface area contributed by atoms with Gasteiger partial charge in [0.25, 0.3) is 0 Å². The van der Waals surface area contributed by atoms with E-state index in [-0.39, 0.29) is 5.91 Å². The van der Waals surface area contributed by atoms with Gasteiger partial charge in [-0.1, -0.05) is 18.5 Å². The second-order valence-electron chi connectivity index (χ2n) is 3.42. The third kappa shape index (κ3) is 3.36. The van der Waals surface area contributed by atoms with Gasteiger partial charge in [-0.05, 0) is 24.6 Å². The Labute approximate surface area is 105 Å². The smallest absolute Gasteiger partial charge is 0.241 e. The Morgan fingerprint density at radius 2 is 2.35 bits per heavy atom. The van der Waals surface area contributed by atoms with Gasteiger partial charge >= 0.3 is 0 Å². The normalized spacial score (nSPS) is 11.4. The maximum absolute atomic E-state index is 11.7. The van der Waals surface area contributed by atoms with Crippen LogP contribution in [0.25, 0.3) is 0 Å². The standard InChI is InChI=1S/C12H13ClN2O2/c1-3-8(7-14)12(16)15-10-6-9(13)4-5-11(10)17-2/h4-6,8H,3H2,1-2H3,(H,15,16). The predicted molar refractivity (Wildman–Crippen MR) is 66.0 cm³/mol. The van der Waals surface area contributed by atoms with Crippen LogP contribution in [0.3, 0.4) is 0 Å². The Hall–Kier alpha value is -1.73. The van der Waals surface area contributed by atoms with E-state index in [0.717, 1.165) is 0 Å². The molecule has 0 heterocycles. The van der Waals surface area contributed by atoms with E-state index in [1.54, 1.807) is 25.1 Å². The van der Waals surface area contributed by atoms with Crippen LogP contribution in [0.1, 0.15) is 13.3 Å². The molecule has 1 atom stereocenters. The molecule has 0 bridgehead atoms. The van der Waals surface area contributed by atoms with Gasteiger partial charge in [-0.15, -0.1) is 0 Å². The molecule has 1 aromatic carbocycles. The molecule has 0 aromatic heterocycles. The number of nitriles is 1. The summed E-state index contributed by atoms with van der Waals surface area (Å²) in [6.07, 6.45) is 0.464. The molecule has 0 aliphatic rings. The molecule has 1 unspecified atom stereocenters. The molecule has 17 heavy (non-hydrogen) atoms. The summed E-state index contributed by atoms with van der Waals surface area (Å²) >= 11 is 5.83. The van der Waals surface area contributed by atoms with Gasteiger partial charge < -0.3 is 10.1 Å². The van der Waals surface area contributed by atoms with Crippen molar-refractivity contribution in [1.82, 2.24) is 0 Å². The number of hydrogen-bond donors (Lipinski definition) is 1. The van der Waals surface area contributed by atoms with Crippen molar-refractivity contribution in [3.05, 3.63) is 23.2 Å². The van der Waals surface area contributed by atoms with Crippen molar-refractivity contribution in [3.63, 3.8) is 0 Å². The van der Waals surface area contributed by atoms with Gasteiger partial charge in [-0.25, -0.2) is 0 Å². The second kappa shape index (κ2) is 6.12. The summed E-state index contributed by atoms with van der Waals surface area (Å²) < 4.78 is 5.09. The van der Waals surface area contributed by atoms with Gasteiger partial charge in [0.15, 0.2) is 0 Å². The monoisotopic (exact) mass is 252 g/mol. The highest BCUT2D eigenvalue weighted by Crippen LogP contribution is 2.28. The Kier molecular flexibility index (Phi) is 4.80. The molecule has 0 fully saturated rings. The molecule has 0 aliphatic heterocycles. The quantitative estimate of drug-likeness (QED) is 0.896. The minimum Gasteiger partial charge on any atom is -0.495 e. The molecule has 1 rings (SSSR count). The highest BCUT2D eigenvalue weighted by Gasteiger charge is 2.17. The minimum atomic E-state index is -0.668. The number of hydrogen-bond acceptors (Lipinski definition) is 3. The Morgan fingerprint density at radius 1 is 1.65 bits per heavy atom. The highest BCUT2D eigenvalue weighted by atomic mass is 35.5. The van der Waals surface area contributed by atoms with Crippen LogP contribution in [-0.2, 0) is 4.79 Å².